The first-order valence-corrected chi connectivity index (χ1v) is 8.60. The SMILES string of the molecule is BC(OC(=O)C(C(B)(O)O)C(O)(O)O)C1CCC(N(C)/C=C\C(=N/C=O)NO)O1. The van der Waals surface area contributed by atoms with E-state index in [1.54, 1.807) is 17.4 Å². The molecule has 1 rings (SSSR count). The van der Waals surface area contributed by atoms with E-state index in [-0.39, 0.29) is 12.2 Å². The third-order valence-electron chi connectivity index (χ3n) is 4.25. The Labute approximate surface area is 168 Å². The molecule has 0 bridgehead atoms. The van der Waals surface area contributed by atoms with Gasteiger partial charge in [-0.3, -0.25) is 20.3 Å². The highest BCUT2D eigenvalue weighted by atomic mass is 16.7. The summed E-state index contributed by atoms with van der Waals surface area (Å²) in [6.07, 6.45) is 2.99. The topological polar surface area (TPSA) is 202 Å². The fourth-order valence-electron chi connectivity index (χ4n) is 2.82. The number of nitrogens with zero attached hydrogens (tertiary/aromatic N) is 2. The molecule has 4 unspecified atom stereocenters. The molecular formula is C14H25B2N3O10. The van der Waals surface area contributed by atoms with Crippen LogP contribution in [0.4, 0.5) is 0 Å². The van der Waals surface area contributed by atoms with Crippen LogP contribution in [-0.4, -0.2) is 107 Å². The van der Waals surface area contributed by atoms with E-state index >= 15 is 0 Å². The van der Waals surface area contributed by atoms with Crippen LogP contribution in [0.25, 0.3) is 0 Å². The van der Waals surface area contributed by atoms with Crippen molar-refractivity contribution in [2.45, 2.75) is 42.8 Å². The Morgan fingerprint density at radius 2 is 1.97 bits per heavy atom. The average Bonchev–Trinajstić information content (AvgIpc) is 3.05. The Balaban J connectivity index is 2.71. The number of amides is 1. The molecule has 1 amide bonds. The molecule has 15 heteroatoms. The molecule has 0 spiro atoms. The van der Waals surface area contributed by atoms with Gasteiger partial charge in [0.15, 0.2) is 27.4 Å². The van der Waals surface area contributed by atoms with Crippen LogP contribution in [0.5, 0.6) is 0 Å². The van der Waals surface area contributed by atoms with Gasteiger partial charge in [0.25, 0.3) is 5.97 Å². The summed E-state index contributed by atoms with van der Waals surface area (Å²) < 4.78 is 10.8. The summed E-state index contributed by atoms with van der Waals surface area (Å²) in [5.74, 6) is -7.70. The second-order valence-electron chi connectivity index (χ2n) is 6.78. The third-order valence-corrected chi connectivity index (χ3v) is 4.25. The largest absolute Gasteiger partial charge is 0.469 e. The summed E-state index contributed by atoms with van der Waals surface area (Å²) in [5, 5.41) is 55.5. The Kier molecular flexibility index (Phi) is 8.77. The van der Waals surface area contributed by atoms with Crippen LogP contribution < -0.4 is 5.48 Å². The van der Waals surface area contributed by atoms with Crippen molar-refractivity contribution in [1.29, 1.82) is 0 Å². The third kappa shape index (κ3) is 7.40. The highest BCUT2D eigenvalue weighted by Gasteiger charge is 2.51. The Bertz CT molecular complexity index is 620. The molecule has 0 aliphatic carbocycles. The summed E-state index contributed by atoms with van der Waals surface area (Å²) in [7, 11) is 3.81. The van der Waals surface area contributed by atoms with Gasteiger partial charge in [0.1, 0.15) is 11.9 Å². The second-order valence-corrected chi connectivity index (χ2v) is 6.78. The van der Waals surface area contributed by atoms with E-state index < -0.39 is 41.9 Å². The number of nitrogens with one attached hydrogen (secondary N) is 1. The molecule has 1 aliphatic rings. The van der Waals surface area contributed by atoms with Crippen LogP contribution in [0.2, 0.25) is 0 Å². The van der Waals surface area contributed by atoms with Gasteiger partial charge in [-0.05, 0) is 18.9 Å². The molecule has 29 heavy (non-hydrogen) atoms. The maximum absolute atomic E-state index is 12.1. The molecular weight excluding hydrogens is 392 g/mol. The Hall–Kier alpha value is -2.00. The zero-order valence-corrected chi connectivity index (χ0v) is 16.2. The van der Waals surface area contributed by atoms with Crippen LogP contribution in [0.3, 0.4) is 0 Å². The van der Waals surface area contributed by atoms with Crippen LogP contribution in [0.15, 0.2) is 17.3 Å². The number of aliphatic hydroxyl groups is 5. The molecule has 1 fully saturated rings. The molecule has 1 saturated heterocycles. The van der Waals surface area contributed by atoms with Gasteiger partial charge in [0, 0.05) is 13.2 Å². The molecule has 0 aromatic carbocycles. The van der Waals surface area contributed by atoms with Crippen molar-refractivity contribution in [2.75, 3.05) is 7.05 Å². The number of esters is 1. The van der Waals surface area contributed by atoms with Gasteiger partial charge in [-0.25, -0.2) is 0 Å². The fraction of sp³-hybridized carbons (Fsp3) is 0.643. The van der Waals surface area contributed by atoms with Crippen molar-refractivity contribution in [2.24, 2.45) is 10.9 Å². The number of hydroxylamine groups is 1. The lowest BCUT2D eigenvalue weighted by Gasteiger charge is -2.33. The lowest BCUT2D eigenvalue weighted by Crippen LogP contribution is -2.57. The van der Waals surface area contributed by atoms with Gasteiger partial charge in [-0.15, -0.1) is 0 Å². The number of amidine groups is 1. The number of ether oxygens (including phenoxy) is 2. The zero-order valence-electron chi connectivity index (χ0n) is 16.2. The highest BCUT2D eigenvalue weighted by molar-refractivity contribution is 6.15. The Morgan fingerprint density at radius 3 is 2.45 bits per heavy atom. The second kappa shape index (κ2) is 10.2. The monoisotopic (exact) mass is 417 g/mol. The van der Waals surface area contributed by atoms with Crippen molar-refractivity contribution in [3.05, 3.63) is 12.3 Å². The highest BCUT2D eigenvalue weighted by Crippen LogP contribution is 2.27. The number of hydrogen-bond donors (Lipinski definition) is 7. The lowest BCUT2D eigenvalue weighted by atomic mass is 9.80. The summed E-state index contributed by atoms with van der Waals surface area (Å²) in [4.78, 5) is 27.4. The quantitative estimate of drug-likeness (QED) is 0.0357. The van der Waals surface area contributed by atoms with Gasteiger partial charge in [0.2, 0.25) is 6.41 Å². The summed E-state index contributed by atoms with van der Waals surface area (Å²) in [5.41, 5.74) is -1.22. The van der Waals surface area contributed by atoms with E-state index in [4.69, 9.17) is 14.7 Å². The van der Waals surface area contributed by atoms with E-state index in [2.05, 4.69) is 4.99 Å². The summed E-state index contributed by atoms with van der Waals surface area (Å²) in [6, 6.07) is -0.914. The van der Waals surface area contributed by atoms with Crippen molar-refractivity contribution in [1.82, 2.24) is 10.4 Å². The first kappa shape index (κ1) is 25.0. The molecule has 4 atom stereocenters. The van der Waals surface area contributed by atoms with E-state index in [0.717, 1.165) is 0 Å². The number of hydrogen-bond acceptors (Lipinski definition) is 11. The molecule has 162 valence electrons. The van der Waals surface area contributed by atoms with Crippen molar-refractivity contribution in [3.8, 4) is 0 Å². The van der Waals surface area contributed by atoms with Crippen LogP contribution in [-0.2, 0) is 19.1 Å². The van der Waals surface area contributed by atoms with E-state index in [9.17, 15) is 35.1 Å². The summed E-state index contributed by atoms with van der Waals surface area (Å²) >= 11 is 0. The molecule has 1 heterocycles. The summed E-state index contributed by atoms with van der Waals surface area (Å²) in [6.45, 7) is 0. The van der Waals surface area contributed by atoms with Gasteiger partial charge >= 0.3 is 5.97 Å². The first-order valence-electron chi connectivity index (χ1n) is 8.60. The van der Waals surface area contributed by atoms with Crippen molar-refractivity contribution >= 4 is 33.9 Å². The maximum atomic E-state index is 12.1. The number of rotatable bonds is 9. The average molecular weight is 417 g/mol. The smallest absolute Gasteiger partial charge is 0.321 e. The molecule has 0 saturated carbocycles. The minimum Gasteiger partial charge on any atom is -0.469 e. The van der Waals surface area contributed by atoms with Gasteiger partial charge in [0.05, 0.1) is 12.1 Å². The number of carbonyl (C=O) groups is 2. The van der Waals surface area contributed by atoms with E-state index in [1.807, 2.05) is 0 Å². The number of aliphatic imine (C=N–C) groups is 1. The predicted octanol–water partition coefficient (Wildman–Crippen LogP) is -5.51. The van der Waals surface area contributed by atoms with Crippen LogP contribution in [0.1, 0.15) is 12.8 Å². The molecule has 13 nitrogen and oxygen atoms in total. The number of carbonyl (C=O) groups excluding carboxylic acids is 2. The van der Waals surface area contributed by atoms with Crippen molar-refractivity contribution < 1.29 is 49.8 Å². The molecule has 1 aliphatic heterocycles. The van der Waals surface area contributed by atoms with Gasteiger partial charge < -0.3 is 39.9 Å². The van der Waals surface area contributed by atoms with E-state index in [0.29, 0.717) is 20.7 Å². The fourth-order valence-corrected chi connectivity index (χ4v) is 2.82. The molecule has 0 aromatic rings. The minimum atomic E-state index is -3.71. The molecule has 0 radical (unpaired) electrons. The van der Waals surface area contributed by atoms with Crippen molar-refractivity contribution in [3.63, 3.8) is 0 Å². The van der Waals surface area contributed by atoms with E-state index in [1.165, 1.54) is 20.1 Å². The normalized spacial score (nSPS) is 22.9. The van der Waals surface area contributed by atoms with Crippen LogP contribution in [0, 0.1) is 5.92 Å². The van der Waals surface area contributed by atoms with Gasteiger partial charge in [-0.1, -0.05) is 0 Å². The zero-order chi connectivity index (χ0) is 22.4. The maximum Gasteiger partial charge on any atom is 0.321 e. The van der Waals surface area contributed by atoms with Gasteiger partial charge in [-0.2, -0.15) is 4.99 Å². The first-order chi connectivity index (χ1) is 13.3. The standard InChI is InChI=1S/C14H25B2N3O10/c1-19(5-4-8(18-27)17-6-20)9-3-2-7(28-9)11(15)29-12(21)10(13(16,22)23)14(24,25)26/h4-7,9-11,22-27H,2-3,15-16H2,1H3,(H,17,18,20)/b5-4-. The predicted molar refractivity (Wildman–Crippen MR) is 100 cm³/mol. The molecule has 7 N–H and O–H groups in total. The van der Waals surface area contributed by atoms with Crippen LogP contribution >= 0.6 is 0 Å². The minimum absolute atomic E-state index is 0.0914. The Morgan fingerprint density at radius 1 is 1.34 bits per heavy atom. The lowest BCUT2D eigenvalue weighted by molar-refractivity contribution is -0.369. The molecule has 0 aromatic heterocycles.